The Hall–Kier alpha value is -2.28. The van der Waals surface area contributed by atoms with Crippen molar-refractivity contribution in [3.8, 4) is 6.07 Å². The molecule has 0 bridgehead atoms. The minimum Gasteiger partial charge on any atom is -0.380 e. The Labute approximate surface area is 100 Å². The minimum atomic E-state index is 0.673. The van der Waals surface area contributed by atoms with Gasteiger partial charge in [0.2, 0.25) is 0 Å². The van der Waals surface area contributed by atoms with Gasteiger partial charge in [0.05, 0.1) is 17.4 Å². The largest absolute Gasteiger partial charge is 0.380 e. The Bertz CT molecular complexity index is 563. The maximum Gasteiger partial charge on any atom is 0.102 e. The maximum atomic E-state index is 9.09. The highest BCUT2D eigenvalue weighted by Crippen LogP contribution is 2.18. The summed E-state index contributed by atoms with van der Waals surface area (Å²) in [6.45, 7) is 2.61. The van der Waals surface area contributed by atoms with E-state index in [-0.39, 0.29) is 0 Å². The van der Waals surface area contributed by atoms with Crippen molar-refractivity contribution in [1.29, 1.82) is 5.26 Å². The monoisotopic (exact) mass is 226 g/mol. The van der Waals surface area contributed by atoms with Crippen LogP contribution in [-0.4, -0.2) is 9.78 Å². The zero-order valence-corrected chi connectivity index (χ0v) is 9.94. The molecule has 0 aliphatic rings. The molecule has 0 aliphatic heterocycles. The number of hydrogen-bond donors (Lipinski definition) is 1. The van der Waals surface area contributed by atoms with Crippen molar-refractivity contribution < 1.29 is 0 Å². The molecule has 1 N–H and O–H groups in total. The lowest BCUT2D eigenvalue weighted by Crippen LogP contribution is -2.01. The van der Waals surface area contributed by atoms with Gasteiger partial charge in [0.1, 0.15) is 6.07 Å². The van der Waals surface area contributed by atoms with E-state index >= 15 is 0 Å². The van der Waals surface area contributed by atoms with Crippen molar-refractivity contribution in [1.82, 2.24) is 9.78 Å². The van der Waals surface area contributed by atoms with Crippen molar-refractivity contribution in [3.63, 3.8) is 0 Å². The molecule has 0 saturated heterocycles. The topological polar surface area (TPSA) is 53.6 Å². The fourth-order valence-electron chi connectivity index (χ4n) is 1.72. The van der Waals surface area contributed by atoms with Crippen LogP contribution in [0.15, 0.2) is 30.6 Å². The van der Waals surface area contributed by atoms with E-state index in [0.717, 1.165) is 16.8 Å². The van der Waals surface area contributed by atoms with Crippen LogP contribution in [0.25, 0.3) is 0 Å². The van der Waals surface area contributed by atoms with Gasteiger partial charge in [-0.2, -0.15) is 10.4 Å². The van der Waals surface area contributed by atoms with Crippen LogP contribution in [0.2, 0.25) is 0 Å². The molecule has 0 fully saturated rings. The molecule has 17 heavy (non-hydrogen) atoms. The first-order valence-corrected chi connectivity index (χ1v) is 5.42. The zero-order valence-electron chi connectivity index (χ0n) is 9.94. The molecular formula is C13H14N4. The van der Waals surface area contributed by atoms with E-state index in [4.69, 9.17) is 5.26 Å². The summed E-state index contributed by atoms with van der Waals surface area (Å²) < 4.78 is 1.76. The molecule has 0 aliphatic carbocycles. The highest BCUT2D eigenvalue weighted by molar-refractivity contribution is 5.60. The van der Waals surface area contributed by atoms with E-state index in [1.165, 1.54) is 0 Å². The molecule has 86 valence electrons. The quantitative estimate of drug-likeness (QED) is 0.873. The first-order valence-electron chi connectivity index (χ1n) is 5.42. The summed E-state index contributed by atoms with van der Waals surface area (Å²) >= 11 is 0. The number of anilines is 1. The number of nitrogens with one attached hydrogen (secondary N) is 1. The maximum absolute atomic E-state index is 9.09. The fraction of sp³-hybridized carbons (Fsp3) is 0.231. The third kappa shape index (κ3) is 2.45. The third-order valence-electron chi connectivity index (χ3n) is 2.63. The van der Waals surface area contributed by atoms with E-state index in [0.29, 0.717) is 12.1 Å². The lowest BCUT2D eigenvalue weighted by Gasteiger charge is -2.08. The summed E-state index contributed by atoms with van der Waals surface area (Å²) in [5, 5.41) is 16.5. The van der Waals surface area contributed by atoms with Crippen molar-refractivity contribution in [3.05, 3.63) is 47.3 Å². The van der Waals surface area contributed by atoms with Crippen LogP contribution < -0.4 is 5.32 Å². The number of rotatable bonds is 3. The molecule has 0 spiro atoms. The number of aromatic nitrogens is 2. The summed E-state index contributed by atoms with van der Waals surface area (Å²) in [5.41, 5.74) is 3.66. The predicted molar refractivity (Wildman–Crippen MR) is 66.4 cm³/mol. The first-order chi connectivity index (χ1) is 8.20. The standard InChI is InChI=1S/C13H14N4/c1-10-4-3-5-13(12(10)6-14)15-7-11-8-16-17(2)9-11/h3-5,8-9,15H,7H2,1-2H3. The summed E-state index contributed by atoms with van der Waals surface area (Å²) in [6, 6.07) is 8.03. The predicted octanol–water partition coefficient (Wildman–Crippen LogP) is 2.21. The Morgan fingerprint density at radius 3 is 2.94 bits per heavy atom. The molecule has 1 aromatic heterocycles. The summed E-state index contributed by atoms with van der Waals surface area (Å²) in [5.74, 6) is 0. The molecule has 1 heterocycles. The number of nitrogens with zero attached hydrogens (tertiary/aromatic N) is 3. The van der Waals surface area contributed by atoms with Gasteiger partial charge < -0.3 is 5.32 Å². The van der Waals surface area contributed by atoms with Crippen LogP contribution in [0.1, 0.15) is 16.7 Å². The lowest BCUT2D eigenvalue weighted by molar-refractivity contribution is 0.767. The molecule has 0 unspecified atom stereocenters. The molecule has 1 aromatic carbocycles. The van der Waals surface area contributed by atoms with Crippen LogP contribution in [-0.2, 0) is 13.6 Å². The van der Waals surface area contributed by atoms with Gasteiger partial charge in [-0.25, -0.2) is 0 Å². The van der Waals surface area contributed by atoms with Gasteiger partial charge >= 0.3 is 0 Å². The number of hydrogen-bond acceptors (Lipinski definition) is 3. The van der Waals surface area contributed by atoms with E-state index in [1.54, 1.807) is 4.68 Å². The average molecular weight is 226 g/mol. The second-order valence-corrected chi connectivity index (χ2v) is 3.99. The highest BCUT2D eigenvalue weighted by atomic mass is 15.2. The molecule has 4 heteroatoms. The third-order valence-corrected chi connectivity index (χ3v) is 2.63. The van der Waals surface area contributed by atoms with Crippen LogP contribution in [0.5, 0.6) is 0 Å². The van der Waals surface area contributed by atoms with Crippen molar-refractivity contribution in [2.24, 2.45) is 7.05 Å². The van der Waals surface area contributed by atoms with Gasteiger partial charge in [-0.15, -0.1) is 0 Å². The Kier molecular flexibility index (Phi) is 3.10. The highest BCUT2D eigenvalue weighted by Gasteiger charge is 2.04. The fourth-order valence-corrected chi connectivity index (χ4v) is 1.72. The van der Waals surface area contributed by atoms with Crippen molar-refractivity contribution in [2.75, 3.05) is 5.32 Å². The van der Waals surface area contributed by atoms with Gasteiger partial charge in [-0.3, -0.25) is 4.68 Å². The molecule has 0 amide bonds. The SMILES string of the molecule is Cc1cccc(NCc2cnn(C)c2)c1C#N. The number of benzene rings is 1. The normalized spacial score (nSPS) is 9.94. The summed E-state index contributed by atoms with van der Waals surface area (Å²) in [7, 11) is 1.89. The van der Waals surface area contributed by atoms with Gasteiger partial charge in [0, 0.05) is 25.4 Å². The lowest BCUT2D eigenvalue weighted by atomic mass is 10.1. The van der Waals surface area contributed by atoms with Crippen LogP contribution in [0.3, 0.4) is 0 Å². The van der Waals surface area contributed by atoms with Crippen molar-refractivity contribution in [2.45, 2.75) is 13.5 Å². The molecule has 0 radical (unpaired) electrons. The average Bonchev–Trinajstić information content (AvgIpc) is 2.72. The second-order valence-electron chi connectivity index (χ2n) is 3.99. The van der Waals surface area contributed by atoms with Gasteiger partial charge in [-0.05, 0) is 18.6 Å². The van der Waals surface area contributed by atoms with E-state index in [2.05, 4.69) is 16.5 Å². The second kappa shape index (κ2) is 4.71. The zero-order chi connectivity index (χ0) is 12.3. The molecule has 4 nitrogen and oxygen atoms in total. The van der Waals surface area contributed by atoms with Gasteiger partial charge in [0.15, 0.2) is 0 Å². The van der Waals surface area contributed by atoms with Crippen LogP contribution in [0.4, 0.5) is 5.69 Å². The van der Waals surface area contributed by atoms with Gasteiger partial charge in [-0.1, -0.05) is 12.1 Å². The number of nitriles is 1. The van der Waals surface area contributed by atoms with Crippen molar-refractivity contribution >= 4 is 5.69 Å². The Morgan fingerprint density at radius 2 is 2.29 bits per heavy atom. The van der Waals surface area contributed by atoms with Crippen LogP contribution in [0, 0.1) is 18.3 Å². The number of aryl methyl sites for hydroxylation is 2. The molecule has 0 saturated carbocycles. The minimum absolute atomic E-state index is 0.673. The molecule has 2 aromatic rings. The Balaban J connectivity index is 2.14. The summed E-state index contributed by atoms with van der Waals surface area (Å²) in [4.78, 5) is 0. The smallest absolute Gasteiger partial charge is 0.102 e. The van der Waals surface area contributed by atoms with Gasteiger partial charge in [0.25, 0.3) is 0 Å². The molecule has 2 rings (SSSR count). The van der Waals surface area contributed by atoms with E-state index in [9.17, 15) is 0 Å². The first kappa shape index (κ1) is 11.2. The van der Waals surface area contributed by atoms with E-state index < -0.39 is 0 Å². The Morgan fingerprint density at radius 1 is 1.47 bits per heavy atom. The van der Waals surface area contributed by atoms with E-state index in [1.807, 2.05) is 44.6 Å². The van der Waals surface area contributed by atoms with Crippen LogP contribution >= 0.6 is 0 Å². The summed E-state index contributed by atoms with van der Waals surface area (Å²) in [6.07, 6.45) is 3.77. The molecule has 0 atom stereocenters. The molecular weight excluding hydrogens is 212 g/mol.